The molecule has 3 heteroatoms. The average Bonchev–Trinajstić information content (AvgIpc) is 3.15. The van der Waals surface area contributed by atoms with Gasteiger partial charge in [-0.1, -0.05) is 37.6 Å². The van der Waals surface area contributed by atoms with E-state index in [1.54, 1.807) is 0 Å². The Bertz CT molecular complexity index is 418. The standard InChI is InChI=1S/C18H29ClN2/c1-4-10-20-18(15-5-7-17(19)8-6-15)9-11-21(3)13-16-12-14(16)2/h5-8,14,16,18,20H,4,9-13H2,1-3H3. The zero-order valence-corrected chi connectivity index (χ0v) is 14.4. The van der Waals surface area contributed by atoms with Crippen molar-refractivity contribution in [3.05, 3.63) is 34.9 Å². The summed E-state index contributed by atoms with van der Waals surface area (Å²) in [7, 11) is 2.25. The highest BCUT2D eigenvalue weighted by Crippen LogP contribution is 2.38. The topological polar surface area (TPSA) is 15.3 Å². The van der Waals surface area contributed by atoms with Crippen LogP contribution < -0.4 is 5.32 Å². The summed E-state index contributed by atoms with van der Waals surface area (Å²) in [5, 5.41) is 4.48. The fraction of sp³-hybridized carbons (Fsp3) is 0.667. The summed E-state index contributed by atoms with van der Waals surface area (Å²) in [4.78, 5) is 2.49. The van der Waals surface area contributed by atoms with Gasteiger partial charge >= 0.3 is 0 Å². The van der Waals surface area contributed by atoms with Crippen LogP contribution in [0.25, 0.3) is 0 Å². The number of rotatable bonds is 9. The van der Waals surface area contributed by atoms with E-state index in [9.17, 15) is 0 Å². The van der Waals surface area contributed by atoms with E-state index in [1.165, 1.54) is 24.9 Å². The molecule has 0 aromatic heterocycles. The molecule has 1 fully saturated rings. The van der Waals surface area contributed by atoms with Crippen molar-refractivity contribution in [2.75, 3.05) is 26.7 Å². The van der Waals surface area contributed by atoms with Gasteiger partial charge in [0.25, 0.3) is 0 Å². The predicted molar refractivity (Wildman–Crippen MR) is 91.9 cm³/mol. The van der Waals surface area contributed by atoms with Crippen molar-refractivity contribution in [3.8, 4) is 0 Å². The van der Waals surface area contributed by atoms with E-state index >= 15 is 0 Å². The fourth-order valence-electron chi connectivity index (χ4n) is 2.89. The molecule has 0 heterocycles. The summed E-state index contributed by atoms with van der Waals surface area (Å²) in [6.07, 6.45) is 3.73. The first kappa shape index (κ1) is 16.8. The van der Waals surface area contributed by atoms with Crippen LogP contribution in [0.15, 0.2) is 24.3 Å². The van der Waals surface area contributed by atoms with Gasteiger partial charge in [-0.05, 0) is 68.9 Å². The molecule has 0 radical (unpaired) electrons. The summed E-state index contributed by atoms with van der Waals surface area (Å²) in [6, 6.07) is 8.72. The van der Waals surface area contributed by atoms with Gasteiger partial charge in [0.2, 0.25) is 0 Å². The summed E-state index contributed by atoms with van der Waals surface area (Å²) >= 11 is 6.00. The Hall–Kier alpha value is -0.570. The van der Waals surface area contributed by atoms with Crippen LogP contribution in [0, 0.1) is 11.8 Å². The Morgan fingerprint density at radius 1 is 1.33 bits per heavy atom. The molecule has 1 N–H and O–H groups in total. The quantitative estimate of drug-likeness (QED) is 0.729. The number of benzene rings is 1. The Morgan fingerprint density at radius 3 is 2.57 bits per heavy atom. The molecule has 21 heavy (non-hydrogen) atoms. The largest absolute Gasteiger partial charge is 0.310 e. The number of hydrogen-bond donors (Lipinski definition) is 1. The molecule has 0 bridgehead atoms. The average molecular weight is 309 g/mol. The minimum Gasteiger partial charge on any atom is -0.310 e. The summed E-state index contributed by atoms with van der Waals surface area (Å²) in [6.45, 7) is 8.04. The maximum absolute atomic E-state index is 6.00. The Morgan fingerprint density at radius 2 is 2.00 bits per heavy atom. The van der Waals surface area contributed by atoms with Gasteiger partial charge in [-0.15, -0.1) is 0 Å². The Kier molecular flexibility index (Phi) is 6.53. The van der Waals surface area contributed by atoms with Crippen LogP contribution in [-0.2, 0) is 0 Å². The van der Waals surface area contributed by atoms with Crippen molar-refractivity contribution in [1.82, 2.24) is 10.2 Å². The minimum atomic E-state index is 0.432. The number of nitrogens with zero attached hydrogens (tertiary/aromatic N) is 1. The highest BCUT2D eigenvalue weighted by molar-refractivity contribution is 6.30. The summed E-state index contributed by atoms with van der Waals surface area (Å²) < 4.78 is 0. The van der Waals surface area contributed by atoms with Gasteiger partial charge < -0.3 is 10.2 Å². The Balaban J connectivity index is 1.85. The van der Waals surface area contributed by atoms with Gasteiger partial charge in [0.05, 0.1) is 0 Å². The van der Waals surface area contributed by atoms with Crippen LogP contribution in [0.1, 0.15) is 44.7 Å². The Labute approximate surface area is 134 Å². The number of nitrogens with one attached hydrogen (secondary N) is 1. The lowest BCUT2D eigenvalue weighted by Crippen LogP contribution is -2.29. The van der Waals surface area contributed by atoms with Crippen molar-refractivity contribution >= 4 is 11.6 Å². The molecule has 3 unspecified atom stereocenters. The van der Waals surface area contributed by atoms with E-state index in [-0.39, 0.29) is 0 Å². The molecule has 2 rings (SSSR count). The van der Waals surface area contributed by atoms with Crippen LogP contribution in [-0.4, -0.2) is 31.6 Å². The van der Waals surface area contributed by atoms with Gasteiger partial charge in [0.1, 0.15) is 0 Å². The van der Waals surface area contributed by atoms with Crippen LogP contribution in [0.2, 0.25) is 5.02 Å². The molecule has 0 spiro atoms. The van der Waals surface area contributed by atoms with Gasteiger partial charge in [0, 0.05) is 17.6 Å². The summed E-state index contributed by atoms with van der Waals surface area (Å²) in [5.74, 6) is 1.88. The van der Waals surface area contributed by atoms with E-state index < -0.39 is 0 Å². The van der Waals surface area contributed by atoms with Crippen molar-refractivity contribution in [3.63, 3.8) is 0 Å². The normalized spacial score (nSPS) is 22.5. The lowest BCUT2D eigenvalue weighted by atomic mass is 10.0. The molecular weight excluding hydrogens is 280 g/mol. The first-order valence-electron chi connectivity index (χ1n) is 8.27. The monoisotopic (exact) mass is 308 g/mol. The van der Waals surface area contributed by atoms with Crippen LogP contribution >= 0.6 is 11.6 Å². The third-order valence-corrected chi connectivity index (χ3v) is 4.79. The van der Waals surface area contributed by atoms with Crippen molar-refractivity contribution in [1.29, 1.82) is 0 Å². The van der Waals surface area contributed by atoms with Crippen molar-refractivity contribution in [2.24, 2.45) is 11.8 Å². The number of halogens is 1. The lowest BCUT2D eigenvalue weighted by molar-refractivity contribution is 0.292. The van der Waals surface area contributed by atoms with E-state index in [1.807, 2.05) is 12.1 Å². The molecule has 3 atom stereocenters. The van der Waals surface area contributed by atoms with E-state index in [4.69, 9.17) is 11.6 Å². The molecule has 0 aliphatic heterocycles. The second-order valence-corrected chi connectivity index (χ2v) is 7.02. The molecule has 2 nitrogen and oxygen atoms in total. The third kappa shape index (κ3) is 5.61. The van der Waals surface area contributed by atoms with Gasteiger partial charge in [-0.3, -0.25) is 0 Å². The lowest BCUT2D eigenvalue weighted by Gasteiger charge is -2.23. The fourth-order valence-corrected chi connectivity index (χ4v) is 3.02. The van der Waals surface area contributed by atoms with E-state index in [2.05, 4.69) is 43.2 Å². The maximum Gasteiger partial charge on any atom is 0.0406 e. The highest BCUT2D eigenvalue weighted by atomic mass is 35.5. The van der Waals surface area contributed by atoms with Gasteiger partial charge in [0.15, 0.2) is 0 Å². The van der Waals surface area contributed by atoms with E-state index in [0.717, 1.165) is 36.4 Å². The molecule has 118 valence electrons. The van der Waals surface area contributed by atoms with Crippen LogP contribution in [0.4, 0.5) is 0 Å². The number of hydrogen-bond acceptors (Lipinski definition) is 2. The molecule has 1 aromatic rings. The summed E-state index contributed by atoms with van der Waals surface area (Å²) in [5.41, 5.74) is 1.35. The zero-order valence-electron chi connectivity index (χ0n) is 13.6. The maximum atomic E-state index is 6.00. The van der Waals surface area contributed by atoms with Crippen molar-refractivity contribution < 1.29 is 0 Å². The second-order valence-electron chi connectivity index (χ2n) is 6.58. The second kappa shape index (κ2) is 8.17. The molecule has 0 saturated heterocycles. The van der Waals surface area contributed by atoms with Gasteiger partial charge in [-0.2, -0.15) is 0 Å². The minimum absolute atomic E-state index is 0.432. The molecule has 1 aromatic carbocycles. The zero-order chi connectivity index (χ0) is 15.2. The molecule has 1 saturated carbocycles. The molecular formula is C18H29ClN2. The van der Waals surface area contributed by atoms with E-state index in [0.29, 0.717) is 6.04 Å². The van der Waals surface area contributed by atoms with Crippen molar-refractivity contribution in [2.45, 2.75) is 39.2 Å². The predicted octanol–water partition coefficient (Wildman–Crippen LogP) is 4.36. The molecule has 0 amide bonds. The molecule has 1 aliphatic rings. The highest BCUT2D eigenvalue weighted by Gasteiger charge is 2.33. The molecule has 1 aliphatic carbocycles. The van der Waals surface area contributed by atoms with Gasteiger partial charge in [-0.25, -0.2) is 0 Å². The SMILES string of the molecule is CCCNC(CCN(C)CC1CC1C)c1ccc(Cl)cc1. The first-order chi connectivity index (χ1) is 10.1. The third-order valence-electron chi connectivity index (χ3n) is 4.53. The van der Waals surface area contributed by atoms with Crippen LogP contribution in [0.5, 0.6) is 0 Å². The van der Waals surface area contributed by atoms with Crippen LogP contribution in [0.3, 0.4) is 0 Å². The smallest absolute Gasteiger partial charge is 0.0406 e. The first-order valence-corrected chi connectivity index (χ1v) is 8.65.